The SMILES string of the molecule is COc1cccc2c1CCC(Cc1ccc(C(c3ccccc3)c3ccccc3)cc1)C2. The number of methoxy groups -OCH3 is 1. The summed E-state index contributed by atoms with van der Waals surface area (Å²) in [6, 6.07) is 37.5. The Kier molecular flexibility index (Phi) is 6.07. The smallest absolute Gasteiger partial charge is 0.122 e. The van der Waals surface area contributed by atoms with Crippen molar-refractivity contribution < 1.29 is 4.74 Å². The van der Waals surface area contributed by atoms with Gasteiger partial charge in [-0.05, 0) is 71.0 Å². The molecule has 0 amide bonds. The van der Waals surface area contributed by atoms with Gasteiger partial charge in [0.1, 0.15) is 5.75 Å². The fourth-order valence-electron chi connectivity index (χ4n) is 5.26. The number of hydrogen-bond donors (Lipinski definition) is 0. The van der Waals surface area contributed by atoms with Gasteiger partial charge in [-0.25, -0.2) is 0 Å². The Balaban J connectivity index is 1.35. The number of fused-ring (bicyclic) bond motifs is 1. The Hall–Kier alpha value is -3.32. The van der Waals surface area contributed by atoms with Crippen molar-refractivity contribution in [1.29, 1.82) is 0 Å². The summed E-state index contributed by atoms with van der Waals surface area (Å²) in [5.41, 5.74) is 8.34. The molecule has 0 spiro atoms. The molecule has 1 aliphatic carbocycles. The third-order valence-electron chi connectivity index (χ3n) is 6.86. The van der Waals surface area contributed by atoms with Crippen LogP contribution in [0.5, 0.6) is 5.75 Å². The molecule has 1 aliphatic rings. The van der Waals surface area contributed by atoms with Crippen molar-refractivity contribution in [2.75, 3.05) is 7.11 Å². The number of rotatable bonds is 6. The highest BCUT2D eigenvalue weighted by Crippen LogP contribution is 2.35. The fourth-order valence-corrected chi connectivity index (χ4v) is 5.26. The first-order valence-corrected chi connectivity index (χ1v) is 11.7. The van der Waals surface area contributed by atoms with Crippen LogP contribution in [0.4, 0.5) is 0 Å². The third kappa shape index (κ3) is 4.34. The zero-order valence-electron chi connectivity index (χ0n) is 18.7. The molecule has 4 aromatic rings. The maximum atomic E-state index is 5.57. The Morgan fingerprint density at radius 1 is 0.719 bits per heavy atom. The van der Waals surface area contributed by atoms with E-state index in [2.05, 4.69) is 103 Å². The number of benzene rings is 4. The van der Waals surface area contributed by atoms with Gasteiger partial charge >= 0.3 is 0 Å². The van der Waals surface area contributed by atoms with E-state index in [-0.39, 0.29) is 5.92 Å². The molecule has 1 unspecified atom stereocenters. The quantitative estimate of drug-likeness (QED) is 0.300. The summed E-state index contributed by atoms with van der Waals surface area (Å²) in [7, 11) is 1.78. The predicted octanol–water partition coefficient (Wildman–Crippen LogP) is 7.22. The highest BCUT2D eigenvalue weighted by Gasteiger charge is 2.22. The summed E-state index contributed by atoms with van der Waals surface area (Å²) in [5.74, 6) is 2.01. The van der Waals surface area contributed by atoms with Crippen molar-refractivity contribution in [2.45, 2.75) is 31.6 Å². The average Bonchev–Trinajstić information content (AvgIpc) is 2.86. The molecule has 0 radical (unpaired) electrons. The molecule has 0 fully saturated rings. The van der Waals surface area contributed by atoms with Gasteiger partial charge in [0, 0.05) is 5.92 Å². The first-order chi connectivity index (χ1) is 15.8. The van der Waals surface area contributed by atoms with Gasteiger partial charge in [-0.2, -0.15) is 0 Å². The monoisotopic (exact) mass is 418 g/mol. The van der Waals surface area contributed by atoms with E-state index in [4.69, 9.17) is 4.74 Å². The third-order valence-corrected chi connectivity index (χ3v) is 6.86. The summed E-state index contributed by atoms with van der Waals surface area (Å²) in [6.07, 6.45) is 4.63. The highest BCUT2D eigenvalue weighted by molar-refractivity contribution is 5.44. The van der Waals surface area contributed by atoms with Crippen molar-refractivity contribution in [3.63, 3.8) is 0 Å². The first-order valence-electron chi connectivity index (χ1n) is 11.7. The minimum atomic E-state index is 0.264. The summed E-state index contributed by atoms with van der Waals surface area (Å²) in [5, 5.41) is 0. The van der Waals surface area contributed by atoms with Crippen LogP contribution >= 0.6 is 0 Å². The lowest BCUT2D eigenvalue weighted by atomic mass is 9.80. The van der Waals surface area contributed by atoms with Crippen LogP contribution in [-0.2, 0) is 19.3 Å². The van der Waals surface area contributed by atoms with E-state index in [1.807, 2.05) is 0 Å². The zero-order valence-corrected chi connectivity index (χ0v) is 18.7. The summed E-state index contributed by atoms with van der Waals surface area (Å²) < 4.78 is 5.57. The van der Waals surface area contributed by atoms with Crippen molar-refractivity contribution in [3.8, 4) is 5.75 Å². The second kappa shape index (κ2) is 9.44. The van der Waals surface area contributed by atoms with E-state index < -0.39 is 0 Å². The van der Waals surface area contributed by atoms with E-state index >= 15 is 0 Å². The van der Waals surface area contributed by atoms with Gasteiger partial charge in [0.05, 0.1) is 7.11 Å². The molecule has 1 nitrogen and oxygen atoms in total. The minimum absolute atomic E-state index is 0.264. The van der Waals surface area contributed by atoms with E-state index in [1.54, 1.807) is 7.11 Å². The lowest BCUT2D eigenvalue weighted by Crippen LogP contribution is -2.17. The molecule has 1 atom stereocenters. The minimum Gasteiger partial charge on any atom is -0.496 e. The van der Waals surface area contributed by atoms with Crippen molar-refractivity contribution >= 4 is 0 Å². The molecule has 0 bridgehead atoms. The lowest BCUT2D eigenvalue weighted by Gasteiger charge is -2.26. The maximum Gasteiger partial charge on any atom is 0.122 e. The molecule has 0 N–H and O–H groups in total. The van der Waals surface area contributed by atoms with Crippen molar-refractivity contribution in [2.24, 2.45) is 5.92 Å². The van der Waals surface area contributed by atoms with Gasteiger partial charge in [-0.1, -0.05) is 97.1 Å². The van der Waals surface area contributed by atoms with E-state index in [0.717, 1.165) is 25.0 Å². The standard InChI is InChI=1S/C31H30O/c1-32-30-14-8-13-28-22-24(17-20-29(28)30)21-23-15-18-27(19-16-23)31(25-9-4-2-5-10-25)26-11-6-3-7-12-26/h2-16,18-19,24,31H,17,20-22H2,1H3. The molecule has 0 heterocycles. The highest BCUT2D eigenvalue weighted by atomic mass is 16.5. The second-order valence-electron chi connectivity index (χ2n) is 8.91. The largest absolute Gasteiger partial charge is 0.496 e. The average molecular weight is 419 g/mol. The Morgan fingerprint density at radius 2 is 1.34 bits per heavy atom. The van der Waals surface area contributed by atoms with Crippen LogP contribution in [0.2, 0.25) is 0 Å². The number of hydrogen-bond acceptors (Lipinski definition) is 1. The molecule has 0 aliphatic heterocycles. The molecule has 0 saturated heterocycles. The normalized spacial score (nSPS) is 15.4. The van der Waals surface area contributed by atoms with Gasteiger partial charge in [-0.15, -0.1) is 0 Å². The zero-order chi connectivity index (χ0) is 21.8. The molecule has 5 rings (SSSR count). The van der Waals surface area contributed by atoms with Crippen LogP contribution in [-0.4, -0.2) is 7.11 Å². The van der Waals surface area contributed by atoms with Crippen molar-refractivity contribution in [3.05, 3.63) is 137 Å². The molecule has 1 heteroatoms. The van der Waals surface area contributed by atoms with Crippen LogP contribution in [0.15, 0.2) is 103 Å². The molecule has 32 heavy (non-hydrogen) atoms. The summed E-state index contributed by atoms with van der Waals surface area (Å²) in [4.78, 5) is 0. The summed E-state index contributed by atoms with van der Waals surface area (Å²) >= 11 is 0. The molecule has 0 aromatic heterocycles. The van der Waals surface area contributed by atoms with Crippen LogP contribution in [0.25, 0.3) is 0 Å². The fraction of sp³-hybridized carbons (Fsp3) is 0.226. The second-order valence-corrected chi connectivity index (χ2v) is 8.91. The van der Waals surface area contributed by atoms with Crippen LogP contribution in [0.1, 0.15) is 45.7 Å². The molecule has 4 aromatic carbocycles. The van der Waals surface area contributed by atoms with E-state index in [1.165, 1.54) is 39.8 Å². The Bertz CT molecular complexity index is 1110. The topological polar surface area (TPSA) is 9.23 Å². The Labute approximate surface area is 191 Å². The summed E-state index contributed by atoms with van der Waals surface area (Å²) in [6.45, 7) is 0. The predicted molar refractivity (Wildman–Crippen MR) is 132 cm³/mol. The van der Waals surface area contributed by atoms with Gasteiger partial charge in [-0.3, -0.25) is 0 Å². The van der Waals surface area contributed by atoms with Gasteiger partial charge in [0.15, 0.2) is 0 Å². The lowest BCUT2D eigenvalue weighted by molar-refractivity contribution is 0.394. The first kappa shape index (κ1) is 20.6. The molecule has 0 saturated carbocycles. The van der Waals surface area contributed by atoms with Crippen LogP contribution in [0.3, 0.4) is 0 Å². The van der Waals surface area contributed by atoms with Gasteiger partial charge in [0.25, 0.3) is 0 Å². The number of ether oxygens (including phenoxy) is 1. The van der Waals surface area contributed by atoms with E-state index in [9.17, 15) is 0 Å². The van der Waals surface area contributed by atoms with E-state index in [0.29, 0.717) is 5.92 Å². The van der Waals surface area contributed by atoms with Gasteiger partial charge < -0.3 is 4.74 Å². The van der Waals surface area contributed by atoms with Crippen LogP contribution in [0, 0.1) is 5.92 Å². The van der Waals surface area contributed by atoms with Crippen molar-refractivity contribution in [1.82, 2.24) is 0 Å². The molecular formula is C31H30O. The molecular weight excluding hydrogens is 388 g/mol. The Morgan fingerprint density at radius 3 is 1.97 bits per heavy atom. The molecule has 160 valence electrons. The maximum absolute atomic E-state index is 5.57. The van der Waals surface area contributed by atoms with Crippen LogP contribution < -0.4 is 4.74 Å². The van der Waals surface area contributed by atoms with Gasteiger partial charge in [0.2, 0.25) is 0 Å².